The summed E-state index contributed by atoms with van der Waals surface area (Å²) in [5, 5.41) is 0. The molecular formula is C5H20N2OSi. The van der Waals surface area contributed by atoms with Crippen LogP contribution in [-0.4, -0.2) is 60.6 Å². The number of hydrogen-bond donors (Lipinski definition) is 0. The van der Waals surface area contributed by atoms with Gasteiger partial charge < -0.3 is 14.9 Å². The second-order valence-electron chi connectivity index (χ2n) is 2.68. The Bertz CT molecular complexity index is 30.4. The SMILES string of the molecule is CN(C)C.CN(C)[SiH3].O. The van der Waals surface area contributed by atoms with Gasteiger partial charge in [0.05, 0.1) is 10.4 Å². The molecule has 0 aliphatic rings. The molecule has 0 aliphatic heterocycles. The molecular weight excluding hydrogens is 132 g/mol. The first-order chi connectivity index (χ1) is 3.46. The zero-order chi connectivity index (χ0) is 7.15. The molecule has 0 radical (unpaired) electrons. The van der Waals surface area contributed by atoms with Gasteiger partial charge in [-0.15, -0.1) is 0 Å². The van der Waals surface area contributed by atoms with E-state index in [1.807, 2.05) is 26.0 Å². The lowest BCUT2D eigenvalue weighted by Gasteiger charge is -1.90. The summed E-state index contributed by atoms with van der Waals surface area (Å²) in [4.78, 5) is 2.00. The third-order valence-corrected chi connectivity index (χ3v) is 0. The lowest BCUT2D eigenvalue weighted by molar-refractivity contribution is 0.505. The molecule has 2 N–H and O–H groups in total. The highest BCUT2D eigenvalue weighted by Crippen LogP contribution is 1.47. The second-order valence-corrected chi connectivity index (χ2v) is 4.47. The predicted octanol–water partition coefficient (Wildman–Crippen LogP) is -1.82. The van der Waals surface area contributed by atoms with E-state index in [0.29, 0.717) is 0 Å². The van der Waals surface area contributed by atoms with Gasteiger partial charge in [0.15, 0.2) is 0 Å². The molecule has 0 heterocycles. The van der Waals surface area contributed by atoms with E-state index in [0.717, 1.165) is 0 Å². The number of nitrogens with zero attached hydrogens (tertiary/aromatic N) is 2. The van der Waals surface area contributed by atoms with E-state index in [2.05, 4.69) is 18.7 Å². The average Bonchev–Trinajstić information content (AvgIpc) is 1.25. The van der Waals surface area contributed by atoms with E-state index in [9.17, 15) is 0 Å². The summed E-state index contributed by atoms with van der Waals surface area (Å²) < 4.78 is 2.14. The Kier molecular flexibility index (Phi) is 19.6. The third kappa shape index (κ3) is 32100. The van der Waals surface area contributed by atoms with Crippen molar-refractivity contribution in [1.29, 1.82) is 0 Å². The van der Waals surface area contributed by atoms with Crippen LogP contribution in [0.2, 0.25) is 0 Å². The molecule has 0 bridgehead atoms. The fraction of sp³-hybridized carbons (Fsp3) is 1.00. The summed E-state index contributed by atoms with van der Waals surface area (Å²) in [6, 6.07) is 0. The van der Waals surface area contributed by atoms with Gasteiger partial charge in [-0.05, 0) is 35.2 Å². The smallest absolute Gasteiger partial charge is 0.0777 e. The van der Waals surface area contributed by atoms with Crippen LogP contribution in [0.5, 0.6) is 0 Å². The number of hydrogen-bond acceptors (Lipinski definition) is 2. The summed E-state index contributed by atoms with van der Waals surface area (Å²) in [7, 11) is 11.3. The molecule has 0 aromatic heterocycles. The lowest BCUT2D eigenvalue weighted by atomic mass is 11.0. The van der Waals surface area contributed by atoms with Crippen LogP contribution in [0.1, 0.15) is 0 Å². The molecule has 0 unspecified atom stereocenters. The van der Waals surface area contributed by atoms with Gasteiger partial charge in [0.25, 0.3) is 0 Å². The van der Waals surface area contributed by atoms with Crippen molar-refractivity contribution in [1.82, 2.24) is 9.47 Å². The largest absolute Gasteiger partial charge is 0.412 e. The fourth-order valence-electron chi connectivity index (χ4n) is 0. The minimum absolute atomic E-state index is 0. The van der Waals surface area contributed by atoms with E-state index in [4.69, 9.17) is 0 Å². The van der Waals surface area contributed by atoms with Crippen LogP contribution < -0.4 is 0 Å². The quantitative estimate of drug-likeness (QED) is 0.383. The zero-order valence-corrected chi connectivity index (χ0v) is 9.39. The average molecular weight is 152 g/mol. The third-order valence-electron chi connectivity index (χ3n) is 0. The van der Waals surface area contributed by atoms with E-state index in [1.165, 1.54) is 10.4 Å². The van der Waals surface area contributed by atoms with E-state index >= 15 is 0 Å². The molecule has 0 saturated heterocycles. The van der Waals surface area contributed by atoms with Crippen molar-refractivity contribution in [3.63, 3.8) is 0 Å². The van der Waals surface area contributed by atoms with Gasteiger partial charge >= 0.3 is 0 Å². The van der Waals surface area contributed by atoms with Crippen molar-refractivity contribution in [3.05, 3.63) is 0 Å². The molecule has 0 amide bonds. The Labute approximate surface area is 61.5 Å². The maximum Gasteiger partial charge on any atom is 0.0777 e. The maximum atomic E-state index is 2.14. The van der Waals surface area contributed by atoms with Crippen LogP contribution in [-0.2, 0) is 0 Å². The van der Waals surface area contributed by atoms with Crippen molar-refractivity contribution in [2.75, 3.05) is 35.2 Å². The monoisotopic (exact) mass is 152 g/mol. The van der Waals surface area contributed by atoms with Gasteiger partial charge in [-0.3, -0.25) is 0 Å². The van der Waals surface area contributed by atoms with Gasteiger partial charge in [-0.25, -0.2) is 0 Å². The molecule has 0 fully saturated rings. The standard InChI is InChI=1S/C3H9N.C2H9NSi.H2O/c1-4(2)3;1-3(2)4;/h1-3H3;1-2,4H3;1H2. The highest BCUT2D eigenvalue weighted by atomic mass is 28.2. The van der Waals surface area contributed by atoms with Gasteiger partial charge in [-0.1, -0.05) is 0 Å². The molecule has 0 atom stereocenters. The summed E-state index contributed by atoms with van der Waals surface area (Å²) in [5.41, 5.74) is 0. The van der Waals surface area contributed by atoms with Crippen LogP contribution >= 0.6 is 0 Å². The first kappa shape index (κ1) is 16.0. The minimum atomic E-state index is 0. The summed E-state index contributed by atoms with van der Waals surface area (Å²) >= 11 is 0. The van der Waals surface area contributed by atoms with Crippen LogP contribution in [0.25, 0.3) is 0 Å². The number of rotatable bonds is 0. The maximum absolute atomic E-state index is 2.14. The van der Waals surface area contributed by atoms with Crippen molar-refractivity contribution < 1.29 is 5.48 Å². The predicted molar refractivity (Wildman–Crippen MR) is 46.9 cm³/mol. The summed E-state index contributed by atoms with van der Waals surface area (Å²) in [5.74, 6) is 0. The summed E-state index contributed by atoms with van der Waals surface area (Å²) in [6.07, 6.45) is 0. The van der Waals surface area contributed by atoms with E-state index in [1.54, 1.807) is 0 Å². The topological polar surface area (TPSA) is 38.0 Å². The highest BCUT2D eigenvalue weighted by molar-refractivity contribution is 6.03. The molecule has 9 heavy (non-hydrogen) atoms. The van der Waals surface area contributed by atoms with Crippen LogP contribution in [0, 0.1) is 0 Å². The van der Waals surface area contributed by atoms with Gasteiger partial charge in [-0.2, -0.15) is 0 Å². The Hall–Kier alpha value is 0.0969. The van der Waals surface area contributed by atoms with E-state index in [-0.39, 0.29) is 5.48 Å². The van der Waals surface area contributed by atoms with Crippen molar-refractivity contribution in [3.8, 4) is 0 Å². The molecule has 0 aromatic carbocycles. The van der Waals surface area contributed by atoms with Gasteiger partial charge in [0.2, 0.25) is 0 Å². The molecule has 0 rings (SSSR count). The first-order valence-electron chi connectivity index (χ1n) is 2.68. The Morgan fingerprint density at radius 2 is 0.889 bits per heavy atom. The normalized spacial score (nSPS) is 8.33. The van der Waals surface area contributed by atoms with Crippen molar-refractivity contribution in [2.45, 2.75) is 0 Å². The van der Waals surface area contributed by atoms with Gasteiger partial charge in [0, 0.05) is 0 Å². The van der Waals surface area contributed by atoms with Crippen LogP contribution in [0.4, 0.5) is 0 Å². The fourth-order valence-corrected chi connectivity index (χ4v) is 0. The summed E-state index contributed by atoms with van der Waals surface area (Å²) in [6.45, 7) is 0. The van der Waals surface area contributed by atoms with Crippen LogP contribution in [0.15, 0.2) is 0 Å². The molecule has 0 aliphatic carbocycles. The second kappa shape index (κ2) is 11.0. The molecule has 4 heteroatoms. The molecule has 3 nitrogen and oxygen atoms in total. The van der Waals surface area contributed by atoms with Gasteiger partial charge in [0.1, 0.15) is 0 Å². The molecule has 60 valence electrons. The Morgan fingerprint density at radius 1 is 0.889 bits per heavy atom. The lowest BCUT2D eigenvalue weighted by Crippen LogP contribution is -2.02. The minimum Gasteiger partial charge on any atom is -0.412 e. The Balaban J connectivity index is -0.0000000720. The Morgan fingerprint density at radius 3 is 0.889 bits per heavy atom. The zero-order valence-electron chi connectivity index (χ0n) is 7.39. The first-order valence-corrected chi connectivity index (χ1v) is 3.58. The van der Waals surface area contributed by atoms with Crippen LogP contribution in [0.3, 0.4) is 0 Å². The van der Waals surface area contributed by atoms with Crippen molar-refractivity contribution in [2.24, 2.45) is 0 Å². The van der Waals surface area contributed by atoms with Crippen molar-refractivity contribution >= 4 is 10.4 Å². The van der Waals surface area contributed by atoms with E-state index < -0.39 is 0 Å². The highest BCUT2D eigenvalue weighted by Gasteiger charge is 1.58. The molecule has 0 spiro atoms. The molecule has 0 aromatic rings. The molecule has 0 saturated carbocycles.